The Kier molecular flexibility index (Phi) is 5.94. The number of anilines is 1. The highest BCUT2D eigenvalue weighted by Gasteiger charge is 2.28. The Balaban J connectivity index is 1.24. The van der Waals surface area contributed by atoms with Crippen LogP contribution in [-0.4, -0.2) is 67.5 Å². The summed E-state index contributed by atoms with van der Waals surface area (Å²) in [5, 5.41) is 0. The molecule has 30 heavy (non-hydrogen) atoms. The van der Waals surface area contributed by atoms with Crippen molar-refractivity contribution in [1.29, 1.82) is 0 Å². The zero-order chi connectivity index (χ0) is 21.1. The fraction of sp³-hybridized carbons (Fsp3) is 0.364. The Labute approximate surface area is 173 Å². The van der Waals surface area contributed by atoms with Crippen molar-refractivity contribution < 1.29 is 23.1 Å². The number of hydrogen-bond acceptors (Lipinski definition) is 4. The predicted molar refractivity (Wildman–Crippen MR) is 107 cm³/mol. The van der Waals surface area contributed by atoms with Crippen LogP contribution in [0.1, 0.15) is 5.56 Å². The average Bonchev–Trinajstić information content (AvgIpc) is 3.18. The number of rotatable bonds is 5. The van der Waals surface area contributed by atoms with Crippen molar-refractivity contribution in [3.05, 3.63) is 59.7 Å². The molecule has 6 nitrogen and oxygen atoms in total. The van der Waals surface area contributed by atoms with Crippen molar-refractivity contribution in [3.8, 4) is 5.75 Å². The van der Waals surface area contributed by atoms with Crippen molar-refractivity contribution >= 4 is 17.5 Å². The second-order valence-corrected chi connectivity index (χ2v) is 7.44. The minimum absolute atomic E-state index is 0.0647. The largest absolute Gasteiger partial charge is 0.481 e. The Morgan fingerprint density at radius 1 is 0.933 bits per heavy atom. The van der Waals surface area contributed by atoms with E-state index in [0.717, 1.165) is 24.2 Å². The fourth-order valence-corrected chi connectivity index (χ4v) is 3.85. The van der Waals surface area contributed by atoms with Gasteiger partial charge in [0.1, 0.15) is 5.82 Å². The van der Waals surface area contributed by atoms with Crippen LogP contribution in [0.15, 0.2) is 42.5 Å². The first-order valence-electron chi connectivity index (χ1n) is 9.97. The normalized spacial score (nSPS) is 16.5. The molecule has 0 N–H and O–H groups in total. The van der Waals surface area contributed by atoms with E-state index in [4.69, 9.17) is 4.74 Å². The van der Waals surface area contributed by atoms with Crippen LogP contribution >= 0.6 is 0 Å². The molecule has 0 bridgehead atoms. The number of piperazine rings is 1. The van der Waals surface area contributed by atoms with Gasteiger partial charge >= 0.3 is 0 Å². The molecular weight excluding hydrogens is 392 g/mol. The van der Waals surface area contributed by atoms with Gasteiger partial charge in [0, 0.05) is 44.5 Å². The van der Waals surface area contributed by atoms with E-state index < -0.39 is 11.6 Å². The van der Waals surface area contributed by atoms with Crippen LogP contribution < -0.4 is 9.64 Å². The molecule has 0 radical (unpaired) electrons. The third-order valence-corrected chi connectivity index (χ3v) is 5.52. The summed E-state index contributed by atoms with van der Waals surface area (Å²) in [5.74, 6) is -1.89. The van der Waals surface area contributed by atoms with Crippen molar-refractivity contribution in [2.75, 3.05) is 50.8 Å². The summed E-state index contributed by atoms with van der Waals surface area (Å²) >= 11 is 0. The summed E-state index contributed by atoms with van der Waals surface area (Å²) in [6, 6.07) is 10.9. The molecule has 0 aromatic heterocycles. The minimum Gasteiger partial charge on any atom is -0.481 e. The molecule has 8 heteroatoms. The number of carbonyl (C=O) groups is 2. The zero-order valence-corrected chi connectivity index (χ0v) is 16.5. The van der Waals surface area contributed by atoms with Crippen molar-refractivity contribution in [2.45, 2.75) is 6.42 Å². The summed E-state index contributed by atoms with van der Waals surface area (Å²) in [6.45, 7) is 2.80. The summed E-state index contributed by atoms with van der Waals surface area (Å²) in [5.41, 5.74) is 2.18. The molecule has 0 aliphatic carbocycles. The van der Waals surface area contributed by atoms with Crippen LogP contribution in [-0.2, 0) is 16.0 Å². The van der Waals surface area contributed by atoms with E-state index in [1.165, 1.54) is 5.56 Å². The van der Waals surface area contributed by atoms with E-state index in [9.17, 15) is 18.4 Å². The van der Waals surface area contributed by atoms with Gasteiger partial charge < -0.3 is 14.5 Å². The molecule has 0 spiro atoms. The molecule has 0 saturated carbocycles. The summed E-state index contributed by atoms with van der Waals surface area (Å²) in [4.78, 5) is 30.6. The van der Waals surface area contributed by atoms with Gasteiger partial charge in [-0.25, -0.2) is 8.78 Å². The smallest absolute Gasteiger partial charge is 0.260 e. The van der Waals surface area contributed by atoms with Crippen LogP contribution in [0.2, 0.25) is 0 Å². The number of halogens is 2. The second-order valence-electron chi connectivity index (χ2n) is 7.44. The predicted octanol–water partition coefficient (Wildman–Crippen LogP) is 2.08. The highest BCUT2D eigenvalue weighted by atomic mass is 19.1. The molecule has 2 aromatic rings. The van der Waals surface area contributed by atoms with Gasteiger partial charge in [0.2, 0.25) is 5.91 Å². The van der Waals surface area contributed by atoms with Crippen molar-refractivity contribution in [3.63, 3.8) is 0 Å². The van der Waals surface area contributed by atoms with Crippen LogP contribution in [0, 0.1) is 11.6 Å². The number of carbonyl (C=O) groups excluding carboxylic acids is 2. The number of para-hydroxylation sites is 1. The summed E-state index contributed by atoms with van der Waals surface area (Å²) in [6.07, 6.45) is 0.874. The monoisotopic (exact) mass is 415 g/mol. The lowest BCUT2D eigenvalue weighted by molar-refractivity contribution is -0.135. The van der Waals surface area contributed by atoms with E-state index in [0.29, 0.717) is 45.3 Å². The second kappa shape index (κ2) is 8.79. The minimum atomic E-state index is -0.838. The maximum Gasteiger partial charge on any atom is 0.260 e. The first-order chi connectivity index (χ1) is 14.5. The van der Waals surface area contributed by atoms with Crippen LogP contribution in [0.4, 0.5) is 14.5 Å². The van der Waals surface area contributed by atoms with Gasteiger partial charge in [0.15, 0.2) is 18.2 Å². The topological polar surface area (TPSA) is 53.1 Å². The molecule has 2 heterocycles. The van der Waals surface area contributed by atoms with E-state index in [1.807, 2.05) is 34.1 Å². The fourth-order valence-electron chi connectivity index (χ4n) is 3.85. The maximum atomic E-state index is 13.6. The van der Waals surface area contributed by atoms with Gasteiger partial charge in [-0.15, -0.1) is 0 Å². The zero-order valence-electron chi connectivity index (χ0n) is 16.5. The highest BCUT2D eigenvalue weighted by molar-refractivity contribution is 5.96. The number of benzene rings is 2. The van der Waals surface area contributed by atoms with Gasteiger partial charge in [-0.2, -0.15) is 0 Å². The molecule has 1 saturated heterocycles. The lowest BCUT2D eigenvalue weighted by atomic mass is 10.2. The van der Waals surface area contributed by atoms with Gasteiger partial charge in [0.05, 0.1) is 6.54 Å². The number of fused-ring (bicyclic) bond motifs is 1. The quantitative estimate of drug-likeness (QED) is 0.751. The Morgan fingerprint density at radius 2 is 1.70 bits per heavy atom. The van der Waals surface area contributed by atoms with Crippen LogP contribution in [0.3, 0.4) is 0 Å². The third-order valence-electron chi connectivity index (χ3n) is 5.52. The van der Waals surface area contributed by atoms with E-state index in [1.54, 1.807) is 4.90 Å². The average molecular weight is 415 g/mol. The molecule has 4 rings (SSSR count). The SMILES string of the molecule is O=C(COc1ccc(F)cc1F)N1CCN(CC(=O)N2CCc3ccccc32)CC1. The molecule has 2 amide bonds. The summed E-state index contributed by atoms with van der Waals surface area (Å²) in [7, 11) is 0. The number of nitrogens with zero attached hydrogens (tertiary/aromatic N) is 3. The summed E-state index contributed by atoms with van der Waals surface area (Å²) < 4.78 is 31.7. The molecular formula is C22H23F2N3O3. The van der Waals surface area contributed by atoms with Crippen molar-refractivity contribution in [2.24, 2.45) is 0 Å². The van der Waals surface area contributed by atoms with E-state index in [-0.39, 0.29) is 24.2 Å². The Bertz CT molecular complexity index is 945. The molecule has 2 aromatic carbocycles. The molecule has 2 aliphatic rings. The van der Waals surface area contributed by atoms with Gasteiger partial charge in [0.25, 0.3) is 5.91 Å². The van der Waals surface area contributed by atoms with Gasteiger partial charge in [-0.1, -0.05) is 18.2 Å². The maximum absolute atomic E-state index is 13.6. The lowest BCUT2D eigenvalue weighted by Gasteiger charge is -2.35. The molecule has 0 atom stereocenters. The first kappa shape index (κ1) is 20.3. The van der Waals surface area contributed by atoms with E-state index >= 15 is 0 Å². The third kappa shape index (κ3) is 4.43. The van der Waals surface area contributed by atoms with E-state index in [2.05, 4.69) is 0 Å². The number of amides is 2. The van der Waals surface area contributed by atoms with Gasteiger partial charge in [-0.05, 0) is 30.2 Å². The van der Waals surface area contributed by atoms with Crippen molar-refractivity contribution in [1.82, 2.24) is 9.80 Å². The standard InChI is InChI=1S/C22H23F2N3O3/c23-17-5-6-20(18(24)13-17)30-15-22(29)26-11-9-25(10-12-26)14-21(28)27-8-7-16-3-1-2-4-19(16)27/h1-6,13H,7-12,14-15H2. The Morgan fingerprint density at radius 3 is 2.47 bits per heavy atom. The van der Waals surface area contributed by atoms with Crippen LogP contribution in [0.25, 0.3) is 0 Å². The molecule has 0 unspecified atom stereocenters. The highest BCUT2D eigenvalue weighted by Crippen LogP contribution is 2.27. The number of ether oxygens (including phenoxy) is 1. The van der Waals surface area contributed by atoms with Gasteiger partial charge in [-0.3, -0.25) is 14.5 Å². The molecule has 2 aliphatic heterocycles. The Hall–Kier alpha value is -3.00. The first-order valence-corrected chi connectivity index (χ1v) is 9.97. The molecule has 1 fully saturated rings. The molecule has 158 valence electrons. The number of hydrogen-bond donors (Lipinski definition) is 0. The lowest BCUT2D eigenvalue weighted by Crippen LogP contribution is -2.52. The van der Waals surface area contributed by atoms with Crippen LogP contribution in [0.5, 0.6) is 5.75 Å².